The maximum Gasteiger partial charge on any atom is 0.453 e. The topological polar surface area (TPSA) is 78.6 Å². The van der Waals surface area contributed by atoms with Crippen molar-refractivity contribution in [2.24, 2.45) is 5.10 Å². The van der Waals surface area contributed by atoms with Crippen LogP contribution in [-0.2, 0) is 15.7 Å². The number of hydrogen-bond donors (Lipinski definition) is 0. The van der Waals surface area contributed by atoms with Crippen molar-refractivity contribution in [2.75, 3.05) is 6.61 Å². The highest BCUT2D eigenvalue weighted by atomic mass is 19.4. The van der Waals surface area contributed by atoms with E-state index in [1.165, 1.54) is 0 Å². The molecule has 0 bridgehead atoms. The molecule has 1 aliphatic rings. The van der Waals surface area contributed by atoms with Gasteiger partial charge in [0.05, 0.1) is 5.92 Å². The number of rotatable bonds is 4. The Bertz CT molecular complexity index is 1070. The molecule has 154 valence electrons. The van der Waals surface area contributed by atoms with Crippen LogP contribution in [0.15, 0.2) is 65.8 Å². The third kappa shape index (κ3) is 4.17. The van der Waals surface area contributed by atoms with E-state index in [1.54, 1.807) is 60.7 Å². The molecule has 0 N–H and O–H groups in total. The van der Waals surface area contributed by atoms with Crippen LogP contribution < -0.4 is 4.74 Å². The number of benzene rings is 2. The van der Waals surface area contributed by atoms with Crippen LogP contribution in [0.3, 0.4) is 0 Å². The second kappa shape index (κ2) is 7.97. The van der Waals surface area contributed by atoms with Crippen molar-refractivity contribution >= 4 is 11.9 Å². The predicted molar refractivity (Wildman–Crippen MR) is 98.8 cm³/mol. The molecule has 1 atom stereocenters. The summed E-state index contributed by atoms with van der Waals surface area (Å²) in [6, 6.07) is 17.2. The van der Waals surface area contributed by atoms with Crippen molar-refractivity contribution in [1.29, 1.82) is 0 Å². The minimum atomic E-state index is -4.75. The Morgan fingerprint density at radius 1 is 1.03 bits per heavy atom. The molecular formula is C20H15F3N4O3. The Kier molecular flexibility index (Phi) is 5.21. The van der Waals surface area contributed by atoms with Crippen LogP contribution in [-0.4, -0.2) is 33.3 Å². The van der Waals surface area contributed by atoms with Crippen molar-refractivity contribution in [3.05, 3.63) is 77.9 Å². The van der Waals surface area contributed by atoms with Gasteiger partial charge in [-0.15, -0.1) is 15.3 Å². The molecule has 1 aromatic heterocycles. The zero-order chi connectivity index (χ0) is 21.1. The fourth-order valence-electron chi connectivity index (χ4n) is 3.03. The minimum absolute atomic E-state index is 0.0488. The summed E-state index contributed by atoms with van der Waals surface area (Å²) >= 11 is 0. The van der Waals surface area contributed by atoms with Gasteiger partial charge in [-0.3, -0.25) is 0 Å². The van der Waals surface area contributed by atoms with Crippen LogP contribution in [0.25, 0.3) is 0 Å². The van der Waals surface area contributed by atoms with Gasteiger partial charge in [-0.25, -0.2) is 4.79 Å². The van der Waals surface area contributed by atoms with E-state index in [9.17, 15) is 18.0 Å². The number of nitrogens with zero attached hydrogens (tertiary/aromatic N) is 4. The van der Waals surface area contributed by atoms with Gasteiger partial charge in [-0.05, 0) is 17.7 Å². The third-order valence-corrected chi connectivity index (χ3v) is 4.35. The van der Waals surface area contributed by atoms with E-state index in [4.69, 9.17) is 9.47 Å². The fourth-order valence-corrected chi connectivity index (χ4v) is 3.03. The van der Waals surface area contributed by atoms with Crippen LogP contribution in [0.4, 0.5) is 13.2 Å². The summed E-state index contributed by atoms with van der Waals surface area (Å²) in [4.78, 5) is 12.0. The van der Waals surface area contributed by atoms with Crippen molar-refractivity contribution in [2.45, 2.75) is 18.5 Å². The average Bonchev–Trinajstić information content (AvgIpc) is 3.17. The number of alkyl halides is 3. The number of esters is 1. The van der Waals surface area contributed by atoms with Gasteiger partial charge in [0.1, 0.15) is 5.75 Å². The van der Waals surface area contributed by atoms with Gasteiger partial charge < -0.3 is 9.47 Å². The molecule has 1 unspecified atom stereocenters. The van der Waals surface area contributed by atoms with E-state index in [-0.39, 0.29) is 18.1 Å². The monoisotopic (exact) mass is 416 g/mol. The van der Waals surface area contributed by atoms with Crippen LogP contribution in [0.1, 0.15) is 29.6 Å². The first-order chi connectivity index (χ1) is 14.4. The number of fused-ring (bicyclic) bond motifs is 1. The van der Waals surface area contributed by atoms with E-state index in [1.807, 2.05) is 0 Å². The van der Waals surface area contributed by atoms with Gasteiger partial charge in [0.2, 0.25) is 5.90 Å². The molecule has 0 spiro atoms. The Labute approximate surface area is 168 Å². The second-order valence-electron chi connectivity index (χ2n) is 6.43. The Balaban J connectivity index is 1.57. The van der Waals surface area contributed by atoms with Gasteiger partial charge >= 0.3 is 12.1 Å². The van der Waals surface area contributed by atoms with Crippen LogP contribution in [0, 0.1) is 0 Å². The second-order valence-corrected chi connectivity index (χ2v) is 6.43. The van der Waals surface area contributed by atoms with Crippen molar-refractivity contribution in [1.82, 2.24) is 14.9 Å². The maximum absolute atomic E-state index is 13.3. The quantitative estimate of drug-likeness (QED) is 0.480. The van der Waals surface area contributed by atoms with Crippen LogP contribution in [0.5, 0.6) is 5.75 Å². The van der Waals surface area contributed by atoms with Crippen molar-refractivity contribution < 1.29 is 27.4 Å². The lowest BCUT2D eigenvalue weighted by Crippen LogP contribution is -2.26. The van der Waals surface area contributed by atoms with E-state index >= 15 is 0 Å². The first-order valence-corrected chi connectivity index (χ1v) is 8.95. The highest BCUT2D eigenvalue weighted by molar-refractivity contribution is 5.82. The Morgan fingerprint density at radius 2 is 1.70 bits per heavy atom. The van der Waals surface area contributed by atoms with Gasteiger partial charge in [-0.1, -0.05) is 48.5 Å². The molecule has 0 radical (unpaired) electrons. The molecule has 1 aliphatic heterocycles. The summed E-state index contributed by atoms with van der Waals surface area (Å²) in [6.45, 7) is -0.506. The lowest BCUT2D eigenvalue weighted by atomic mass is 9.94. The summed E-state index contributed by atoms with van der Waals surface area (Å²) in [5.74, 6) is -2.19. The highest BCUT2D eigenvalue weighted by Crippen LogP contribution is 2.35. The van der Waals surface area contributed by atoms with Crippen molar-refractivity contribution in [3.8, 4) is 5.75 Å². The SMILES string of the molecule is O=C(COC1=Nn2c(nnc2C(F)(F)F)C(c2ccccc2)C1)Oc1ccccc1. The maximum atomic E-state index is 13.3. The number of hydrogen-bond acceptors (Lipinski definition) is 6. The average molecular weight is 416 g/mol. The van der Waals surface area contributed by atoms with Crippen LogP contribution in [0.2, 0.25) is 0 Å². The predicted octanol–water partition coefficient (Wildman–Crippen LogP) is 3.62. The number of ether oxygens (including phenoxy) is 2. The fraction of sp³-hybridized carbons (Fsp3) is 0.200. The smallest absolute Gasteiger partial charge is 0.453 e. The zero-order valence-corrected chi connectivity index (χ0v) is 15.4. The zero-order valence-electron chi connectivity index (χ0n) is 15.4. The molecule has 0 saturated heterocycles. The van der Waals surface area contributed by atoms with Gasteiger partial charge in [-0.2, -0.15) is 17.8 Å². The number of halogens is 3. The molecule has 7 nitrogen and oxygen atoms in total. The molecule has 2 aromatic carbocycles. The first kappa shape index (κ1) is 19.6. The molecular weight excluding hydrogens is 401 g/mol. The first-order valence-electron chi connectivity index (χ1n) is 8.95. The molecule has 0 saturated carbocycles. The number of carbonyl (C=O) groups excluding carboxylic acids is 1. The molecule has 0 amide bonds. The Morgan fingerprint density at radius 3 is 2.37 bits per heavy atom. The third-order valence-electron chi connectivity index (χ3n) is 4.35. The molecule has 0 aliphatic carbocycles. The number of para-hydroxylation sites is 1. The minimum Gasteiger partial charge on any atom is -0.468 e. The normalized spacial score (nSPS) is 15.8. The summed E-state index contributed by atoms with van der Waals surface area (Å²) in [5, 5.41) is 10.9. The molecule has 2 heterocycles. The molecule has 4 rings (SSSR count). The molecule has 30 heavy (non-hydrogen) atoms. The summed E-state index contributed by atoms with van der Waals surface area (Å²) in [6.07, 6.45) is -4.62. The number of carbonyl (C=O) groups is 1. The van der Waals surface area contributed by atoms with Gasteiger partial charge in [0.25, 0.3) is 5.82 Å². The van der Waals surface area contributed by atoms with Crippen LogP contribution >= 0.6 is 0 Å². The lowest BCUT2D eigenvalue weighted by Gasteiger charge is -2.22. The van der Waals surface area contributed by atoms with E-state index < -0.39 is 30.5 Å². The standard InChI is InChI=1S/C20H15F3N4O3/c21-20(22,23)19-25-24-18-15(13-7-3-1-4-8-13)11-16(26-27(18)19)29-12-17(28)30-14-9-5-2-6-10-14/h1-10,15H,11-12H2. The van der Waals surface area contributed by atoms with E-state index in [2.05, 4.69) is 15.3 Å². The van der Waals surface area contributed by atoms with Gasteiger partial charge in [0.15, 0.2) is 12.4 Å². The van der Waals surface area contributed by atoms with E-state index in [0.717, 1.165) is 5.56 Å². The summed E-state index contributed by atoms with van der Waals surface area (Å²) < 4.78 is 51.1. The Hall–Kier alpha value is -3.69. The summed E-state index contributed by atoms with van der Waals surface area (Å²) in [5.41, 5.74) is 0.725. The van der Waals surface area contributed by atoms with Crippen molar-refractivity contribution in [3.63, 3.8) is 0 Å². The van der Waals surface area contributed by atoms with E-state index in [0.29, 0.717) is 10.4 Å². The molecule has 10 heteroatoms. The number of aromatic nitrogens is 3. The molecule has 0 fully saturated rings. The van der Waals surface area contributed by atoms with Gasteiger partial charge in [0, 0.05) is 6.42 Å². The lowest BCUT2D eigenvalue weighted by molar-refractivity contribution is -0.147. The largest absolute Gasteiger partial charge is 0.468 e. The summed E-state index contributed by atoms with van der Waals surface area (Å²) in [7, 11) is 0. The highest BCUT2D eigenvalue weighted by Gasteiger charge is 2.42. The molecule has 3 aromatic rings.